The molecule has 2 rings (SSSR count). The number of hydrogen-bond donors (Lipinski definition) is 2. The van der Waals surface area contributed by atoms with E-state index in [0.29, 0.717) is 12.0 Å². The monoisotopic (exact) mass is 247 g/mol. The van der Waals surface area contributed by atoms with Gasteiger partial charge >= 0.3 is 5.97 Å². The van der Waals surface area contributed by atoms with Crippen molar-refractivity contribution in [1.82, 2.24) is 5.32 Å². The van der Waals surface area contributed by atoms with Crippen molar-refractivity contribution in [3.63, 3.8) is 0 Å². The van der Waals surface area contributed by atoms with E-state index in [9.17, 15) is 9.90 Å². The Bertz CT molecular complexity index is 483. The van der Waals surface area contributed by atoms with E-state index in [1.807, 2.05) is 32.0 Å². The van der Waals surface area contributed by atoms with Crippen LogP contribution in [0.1, 0.15) is 37.0 Å². The molecule has 0 bridgehead atoms. The Hall–Kier alpha value is -1.35. The molecular formula is C15H21NO2. The van der Waals surface area contributed by atoms with Gasteiger partial charge in [0.05, 0.1) is 0 Å². The van der Waals surface area contributed by atoms with E-state index in [1.54, 1.807) is 6.92 Å². The normalized spacial score (nSPS) is 25.6. The highest BCUT2D eigenvalue weighted by Gasteiger charge is 2.44. The van der Waals surface area contributed by atoms with Crippen LogP contribution in [0.4, 0.5) is 0 Å². The van der Waals surface area contributed by atoms with Gasteiger partial charge in [0.2, 0.25) is 0 Å². The van der Waals surface area contributed by atoms with E-state index in [-0.39, 0.29) is 0 Å². The molecule has 1 fully saturated rings. The fraction of sp³-hybridized carbons (Fsp3) is 0.533. The van der Waals surface area contributed by atoms with E-state index in [1.165, 1.54) is 0 Å². The second-order valence-electron chi connectivity index (χ2n) is 5.71. The standard InChI is InChI=1S/C15H21NO2/c1-9-5-6-12(10(2)7-9)15(4,14(17)18)16-13-8-11(13)3/h5-7,11,13,16H,8H2,1-4H3,(H,17,18). The molecule has 3 unspecified atom stereocenters. The van der Waals surface area contributed by atoms with Crippen LogP contribution in [0.25, 0.3) is 0 Å². The number of benzene rings is 1. The quantitative estimate of drug-likeness (QED) is 0.859. The Morgan fingerprint density at radius 3 is 2.50 bits per heavy atom. The summed E-state index contributed by atoms with van der Waals surface area (Å²) in [6, 6.07) is 6.27. The largest absolute Gasteiger partial charge is 0.480 e. The highest BCUT2D eigenvalue weighted by Crippen LogP contribution is 2.35. The molecule has 18 heavy (non-hydrogen) atoms. The molecule has 0 spiro atoms. The number of aliphatic carboxylic acids is 1. The summed E-state index contributed by atoms with van der Waals surface area (Å²) in [6.45, 7) is 7.90. The van der Waals surface area contributed by atoms with Crippen LogP contribution in [0.2, 0.25) is 0 Å². The average molecular weight is 247 g/mol. The highest BCUT2D eigenvalue weighted by molar-refractivity contribution is 5.81. The van der Waals surface area contributed by atoms with Crippen LogP contribution < -0.4 is 5.32 Å². The van der Waals surface area contributed by atoms with Crippen molar-refractivity contribution in [2.24, 2.45) is 5.92 Å². The number of rotatable bonds is 4. The maximum Gasteiger partial charge on any atom is 0.328 e. The molecular weight excluding hydrogens is 226 g/mol. The van der Waals surface area contributed by atoms with Crippen molar-refractivity contribution in [2.75, 3.05) is 0 Å². The Kier molecular flexibility index (Phi) is 3.20. The molecule has 0 heterocycles. The van der Waals surface area contributed by atoms with E-state index in [2.05, 4.69) is 12.2 Å². The van der Waals surface area contributed by atoms with Crippen LogP contribution in [0.5, 0.6) is 0 Å². The van der Waals surface area contributed by atoms with Gasteiger partial charge in [0.25, 0.3) is 0 Å². The van der Waals surface area contributed by atoms with Gasteiger partial charge in [0.15, 0.2) is 0 Å². The van der Waals surface area contributed by atoms with Gasteiger partial charge < -0.3 is 5.11 Å². The maximum absolute atomic E-state index is 11.7. The third-order valence-corrected chi connectivity index (χ3v) is 3.93. The van der Waals surface area contributed by atoms with E-state index < -0.39 is 11.5 Å². The third-order valence-electron chi connectivity index (χ3n) is 3.93. The van der Waals surface area contributed by atoms with Crippen LogP contribution in [0.3, 0.4) is 0 Å². The molecule has 1 saturated carbocycles. The second-order valence-corrected chi connectivity index (χ2v) is 5.71. The Balaban J connectivity index is 2.36. The number of carboxylic acids is 1. The molecule has 3 nitrogen and oxygen atoms in total. The zero-order valence-electron chi connectivity index (χ0n) is 11.4. The number of hydrogen-bond acceptors (Lipinski definition) is 2. The lowest BCUT2D eigenvalue weighted by Crippen LogP contribution is -2.48. The number of carbonyl (C=O) groups is 1. The lowest BCUT2D eigenvalue weighted by Gasteiger charge is -2.29. The molecule has 1 aliphatic carbocycles. The van der Waals surface area contributed by atoms with Gasteiger partial charge in [-0.25, -0.2) is 4.79 Å². The summed E-state index contributed by atoms with van der Waals surface area (Å²) in [5.74, 6) is -0.233. The molecule has 0 aliphatic heterocycles. The Labute approximate surface area is 108 Å². The lowest BCUT2D eigenvalue weighted by atomic mass is 9.87. The van der Waals surface area contributed by atoms with Crippen LogP contribution in [0.15, 0.2) is 18.2 Å². The summed E-state index contributed by atoms with van der Waals surface area (Å²) in [6.07, 6.45) is 1.06. The van der Waals surface area contributed by atoms with Gasteiger partial charge in [0.1, 0.15) is 5.54 Å². The van der Waals surface area contributed by atoms with Crippen molar-refractivity contribution in [2.45, 2.75) is 45.7 Å². The summed E-state index contributed by atoms with van der Waals surface area (Å²) >= 11 is 0. The number of carboxylic acid groups (broad SMARTS) is 1. The van der Waals surface area contributed by atoms with Crippen molar-refractivity contribution in [3.05, 3.63) is 34.9 Å². The molecule has 2 N–H and O–H groups in total. The van der Waals surface area contributed by atoms with Gasteiger partial charge in [-0.05, 0) is 44.2 Å². The lowest BCUT2D eigenvalue weighted by molar-refractivity contribution is -0.144. The van der Waals surface area contributed by atoms with Gasteiger partial charge in [-0.3, -0.25) is 5.32 Å². The van der Waals surface area contributed by atoms with Gasteiger partial charge in [-0.15, -0.1) is 0 Å². The molecule has 0 saturated heterocycles. The zero-order chi connectivity index (χ0) is 13.5. The minimum absolute atomic E-state index is 0.326. The first-order chi connectivity index (χ1) is 8.34. The van der Waals surface area contributed by atoms with E-state index >= 15 is 0 Å². The summed E-state index contributed by atoms with van der Waals surface area (Å²) in [5.41, 5.74) is 2.05. The summed E-state index contributed by atoms with van der Waals surface area (Å²) < 4.78 is 0. The van der Waals surface area contributed by atoms with Crippen molar-refractivity contribution in [3.8, 4) is 0 Å². The third kappa shape index (κ3) is 2.27. The molecule has 0 aromatic heterocycles. The highest BCUT2D eigenvalue weighted by atomic mass is 16.4. The molecule has 1 aliphatic rings. The minimum Gasteiger partial charge on any atom is -0.480 e. The fourth-order valence-electron chi connectivity index (χ4n) is 2.52. The van der Waals surface area contributed by atoms with Gasteiger partial charge in [-0.2, -0.15) is 0 Å². The zero-order valence-corrected chi connectivity index (χ0v) is 11.4. The Morgan fingerprint density at radius 1 is 1.44 bits per heavy atom. The van der Waals surface area contributed by atoms with Crippen LogP contribution >= 0.6 is 0 Å². The van der Waals surface area contributed by atoms with E-state index in [0.717, 1.165) is 23.1 Å². The summed E-state index contributed by atoms with van der Waals surface area (Å²) in [7, 11) is 0. The molecule has 98 valence electrons. The van der Waals surface area contributed by atoms with E-state index in [4.69, 9.17) is 0 Å². The molecule has 3 atom stereocenters. The van der Waals surface area contributed by atoms with Crippen molar-refractivity contribution >= 4 is 5.97 Å². The summed E-state index contributed by atoms with van der Waals surface area (Å²) in [5, 5.41) is 12.9. The molecule has 0 amide bonds. The number of nitrogens with one attached hydrogen (secondary N) is 1. The smallest absolute Gasteiger partial charge is 0.328 e. The minimum atomic E-state index is -0.993. The van der Waals surface area contributed by atoms with Gasteiger partial charge in [0, 0.05) is 6.04 Å². The van der Waals surface area contributed by atoms with Crippen LogP contribution in [0, 0.1) is 19.8 Å². The maximum atomic E-state index is 11.7. The van der Waals surface area contributed by atoms with Crippen molar-refractivity contribution < 1.29 is 9.90 Å². The molecule has 0 radical (unpaired) electrons. The number of aryl methyl sites for hydroxylation is 2. The average Bonchev–Trinajstić information content (AvgIpc) is 2.93. The first kappa shape index (κ1) is 13.1. The van der Waals surface area contributed by atoms with Crippen LogP contribution in [-0.2, 0) is 10.3 Å². The fourth-order valence-corrected chi connectivity index (χ4v) is 2.52. The summed E-state index contributed by atoms with van der Waals surface area (Å²) in [4.78, 5) is 11.7. The second kappa shape index (κ2) is 4.39. The predicted octanol–water partition coefficient (Wildman–Crippen LogP) is 2.60. The molecule has 1 aromatic rings. The predicted molar refractivity (Wildman–Crippen MR) is 71.6 cm³/mol. The molecule has 3 heteroatoms. The first-order valence-electron chi connectivity index (χ1n) is 6.43. The van der Waals surface area contributed by atoms with Gasteiger partial charge in [-0.1, -0.05) is 30.7 Å². The Morgan fingerprint density at radius 2 is 2.06 bits per heavy atom. The molecule has 1 aromatic carbocycles. The topological polar surface area (TPSA) is 49.3 Å². The van der Waals surface area contributed by atoms with Crippen LogP contribution in [-0.4, -0.2) is 17.1 Å². The van der Waals surface area contributed by atoms with Crippen molar-refractivity contribution in [1.29, 1.82) is 0 Å². The SMILES string of the molecule is Cc1ccc(C(C)(NC2CC2C)C(=O)O)c(C)c1. The first-order valence-corrected chi connectivity index (χ1v) is 6.43.